The Balaban J connectivity index is 1.60. The SMILES string of the molecule is CC1(C)c2ccccc2N(NCc2cc[n+](CCCCS(=O)(=O)[O-])cc2)C1(C)C. The van der Waals surface area contributed by atoms with E-state index in [1.54, 1.807) is 0 Å². The van der Waals surface area contributed by atoms with Gasteiger partial charge in [-0.1, -0.05) is 32.0 Å². The highest BCUT2D eigenvalue weighted by Crippen LogP contribution is 2.50. The molecule has 2 aromatic rings. The van der Waals surface area contributed by atoms with Crippen LogP contribution in [0.5, 0.6) is 0 Å². The Hall–Kier alpha value is -1.96. The molecule has 1 aliphatic rings. The average Bonchev–Trinajstić information content (AvgIpc) is 2.80. The molecule has 1 aromatic heterocycles. The summed E-state index contributed by atoms with van der Waals surface area (Å²) < 4.78 is 34.0. The minimum atomic E-state index is -4.11. The van der Waals surface area contributed by atoms with Crippen LogP contribution in [0.25, 0.3) is 0 Å². The largest absolute Gasteiger partial charge is 0.748 e. The molecule has 0 saturated carbocycles. The van der Waals surface area contributed by atoms with Gasteiger partial charge in [-0.2, -0.15) is 0 Å². The van der Waals surface area contributed by atoms with Crippen molar-refractivity contribution in [1.82, 2.24) is 5.43 Å². The molecule has 0 radical (unpaired) electrons. The fourth-order valence-corrected chi connectivity index (χ4v) is 4.45. The molecule has 6 nitrogen and oxygen atoms in total. The third-order valence-electron chi connectivity index (χ3n) is 6.37. The van der Waals surface area contributed by atoms with Gasteiger partial charge in [-0.15, -0.1) is 0 Å². The van der Waals surface area contributed by atoms with Gasteiger partial charge in [0.2, 0.25) is 0 Å². The van der Waals surface area contributed by atoms with E-state index in [0.717, 1.165) is 0 Å². The second kappa shape index (κ2) is 8.05. The Labute approximate surface area is 174 Å². The number of hydrazine groups is 1. The first kappa shape index (κ1) is 21.7. The van der Waals surface area contributed by atoms with E-state index in [4.69, 9.17) is 0 Å². The summed E-state index contributed by atoms with van der Waals surface area (Å²) in [7, 11) is -4.11. The van der Waals surface area contributed by atoms with Crippen LogP contribution in [0.2, 0.25) is 0 Å². The van der Waals surface area contributed by atoms with Crippen LogP contribution in [0.3, 0.4) is 0 Å². The topological polar surface area (TPSA) is 76.3 Å². The lowest BCUT2D eigenvalue weighted by Gasteiger charge is -2.42. The highest BCUT2D eigenvalue weighted by molar-refractivity contribution is 7.85. The van der Waals surface area contributed by atoms with Crippen LogP contribution >= 0.6 is 0 Å². The Bertz CT molecular complexity index is 954. The molecule has 29 heavy (non-hydrogen) atoms. The van der Waals surface area contributed by atoms with Gasteiger partial charge >= 0.3 is 0 Å². The number of unbranched alkanes of at least 4 members (excludes halogenated alkanes) is 1. The van der Waals surface area contributed by atoms with Gasteiger partial charge in [0.05, 0.1) is 21.3 Å². The van der Waals surface area contributed by atoms with Crippen molar-refractivity contribution in [1.29, 1.82) is 0 Å². The van der Waals surface area contributed by atoms with E-state index in [0.29, 0.717) is 25.9 Å². The Kier molecular flexibility index (Phi) is 6.03. The highest BCUT2D eigenvalue weighted by atomic mass is 32.2. The van der Waals surface area contributed by atoms with Crippen molar-refractivity contribution in [3.8, 4) is 0 Å². The van der Waals surface area contributed by atoms with Crippen LogP contribution in [0, 0.1) is 0 Å². The fourth-order valence-electron chi connectivity index (χ4n) is 3.89. The number of nitrogens with zero attached hydrogens (tertiary/aromatic N) is 2. The van der Waals surface area contributed by atoms with Crippen LogP contribution in [-0.4, -0.2) is 24.3 Å². The molecule has 1 N–H and O–H groups in total. The predicted octanol–water partition coefficient (Wildman–Crippen LogP) is 2.88. The molecule has 0 saturated heterocycles. The first-order valence-electron chi connectivity index (χ1n) is 10.1. The molecule has 0 aliphatic carbocycles. The summed E-state index contributed by atoms with van der Waals surface area (Å²) in [5, 5.41) is 2.28. The molecule has 158 valence electrons. The van der Waals surface area contributed by atoms with Gasteiger partial charge in [0, 0.05) is 36.3 Å². The summed E-state index contributed by atoms with van der Waals surface area (Å²) in [6, 6.07) is 12.7. The second-order valence-corrected chi connectivity index (χ2v) is 10.3. The lowest BCUT2D eigenvalue weighted by molar-refractivity contribution is -0.697. The molecular formula is C22H31N3O3S. The van der Waals surface area contributed by atoms with Crippen molar-refractivity contribution < 1.29 is 17.5 Å². The third kappa shape index (κ3) is 4.63. The van der Waals surface area contributed by atoms with Crippen LogP contribution in [0.15, 0.2) is 48.8 Å². The summed E-state index contributed by atoms with van der Waals surface area (Å²) in [5.41, 5.74) is 7.30. The first-order valence-corrected chi connectivity index (χ1v) is 11.6. The molecule has 1 aliphatic heterocycles. The second-order valence-electron chi connectivity index (χ2n) is 8.78. The molecule has 0 atom stereocenters. The molecule has 3 rings (SSSR count). The zero-order valence-corrected chi connectivity index (χ0v) is 18.5. The number of pyridine rings is 1. The molecule has 7 heteroatoms. The maximum atomic E-state index is 10.7. The van der Waals surface area contributed by atoms with Gasteiger partial charge in [0.25, 0.3) is 0 Å². The fraction of sp³-hybridized carbons (Fsp3) is 0.500. The summed E-state index contributed by atoms with van der Waals surface area (Å²) in [6.07, 6.45) is 5.05. The lowest BCUT2D eigenvalue weighted by Crippen LogP contribution is -2.56. The van der Waals surface area contributed by atoms with Gasteiger partial charge in [0.1, 0.15) is 6.54 Å². The van der Waals surface area contributed by atoms with E-state index in [1.165, 1.54) is 16.8 Å². The molecule has 0 fully saturated rings. The summed E-state index contributed by atoms with van der Waals surface area (Å²) in [5.74, 6) is -0.293. The van der Waals surface area contributed by atoms with Gasteiger partial charge in [-0.25, -0.2) is 18.4 Å². The number of anilines is 1. The lowest BCUT2D eigenvalue weighted by atomic mass is 9.73. The zero-order chi connectivity index (χ0) is 21.3. The van der Waals surface area contributed by atoms with Gasteiger partial charge < -0.3 is 9.56 Å². The van der Waals surface area contributed by atoms with Gasteiger partial charge in [0.15, 0.2) is 12.4 Å². The Morgan fingerprint density at radius 3 is 2.34 bits per heavy atom. The zero-order valence-electron chi connectivity index (χ0n) is 17.7. The molecule has 2 heterocycles. The summed E-state index contributed by atoms with van der Waals surface area (Å²) in [4.78, 5) is 0. The standard InChI is InChI=1S/C22H31N3O3S/c1-21(2)19-9-5-6-10-20(19)25(22(21,3)4)23-17-18-11-14-24(15-12-18)13-7-8-16-29(26,27)28/h5-6,9-12,14-15,23H,7-8,13,16-17H2,1-4H3. The summed E-state index contributed by atoms with van der Waals surface area (Å²) in [6.45, 7) is 10.5. The predicted molar refractivity (Wildman–Crippen MR) is 113 cm³/mol. The number of para-hydroxylation sites is 1. The van der Waals surface area contributed by atoms with E-state index in [-0.39, 0.29) is 16.7 Å². The van der Waals surface area contributed by atoms with Crippen LogP contribution in [0.4, 0.5) is 5.69 Å². The summed E-state index contributed by atoms with van der Waals surface area (Å²) >= 11 is 0. The number of aromatic nitrogens is 1. The van der Waals surface area contributed by atoms with Crippen LogP contribution in [0.1, 0.15) is 51.7 Å². The maximum absolute atomic E-state index is 10.7. The minimum Gasteiger partial charge on any atom is -0.748 e. The highest BCUT2D eigenvalue weighted by Gasteiger charge is 2.50. The van der Waals surface area contributed by atoms with Crippen molar-refractivity contribution in [2.24, 2.45) is 0 Å². The van der Waals surface area contributed by atoms with Crippen LogP contribution < -0.4 is 15.0 Å². The number of fused-ring (bicyclic) bond motifs is 1. The van der Waals surface area contributed by atoms with Crippen molar-refractivity contribution in [3.63, 3.8) is 0 Å². The normalized spacial score (nSPS) is 17.3. The molecule has 0 amide bonds. The number of nitrogens with one attached hydrogen (secondary N) is 1. The minimum absolute atomic E-state index is 0.0217. The average molecular weight is 418 g/mol. The number of aryl methyl sites for hydroxylation is 1. The number of rotatable bonds is 8. The van der Waals surface area contributed by atoms with Gasteiger partial charge in [-0.05, 0) is 37.5 Å². The number of benzene rings is 1. The van der Waals surface area contributed by atoms with E-state index in [9.17, 15) is 13.0 Å². The van der Waals surface area contributed by atoms with Crippen molar-refractivity contribution in [2.45, 2.75) is 64.6 Å². The van der Waals surface area contributed by atoms with Crippen molar-refractivity contribution >= 4 is 15.8 Å². The van der Waals surface area contributed by atoms with E-state index in [2.05, 4.69) is 74.5 Å². The smallest absolute Gasteiger partial charge is 0.169 e. The first-order chi connectivity index (χ1) is 13.5. The Morgan fingerprint density at radius 2 is 1.69 bits per heavy atom. The van der Waals surface area contributed by atoms with Crippen LogP contribution in [-0.2, 0) is 28.6 Å². The molecule has 0 bridgehead atoms. The molecule has 1 aromatic carbocycles. The monoisotopic (exact) mass is 417 g/mol. The van der Waals surface area contributed by atoms with Gasteiger partial charge in [-0.3, -0.25) is 0 Å². The molecule has 0 unspecified atom stereocenters. The van der Waals surface area contributed by atoms with Crippen molar-refractivity contribution in [3.05, 3.63) is 59.9 Å². The maximum Gasteiger partial charge on any atom is 0.169 e. The molecular weight excluding hydrogens is 386 g/mol. The van der Waals surface area contributed by atoms with E-state index in [1.807, 2.05) is 17.0 Å². The number of hydrogen-bond donors (Lipinski definition) is 1. The van der Waals surface area contributed by atoms with Crippen molar-refractivity contribution in [2.75, 3.05) is 10.8 Å². The number of hydrogen-bond acceptors (Lipinski definition) is 5. The quantitative estimate of drug-likeness (QED) is 0.406. The van der Waals surface area contributed by atoms with E-state index >= 15 is 0 Å². The Morgan fingerprint density at radius 1 is 1.03 bits per heavy atom. The molecule has 0 spiro atoms. The third-order valence-corrected chi connectivity index (χ3v) is 7.16. The van der Waals surface area contributed by atoms with E-state index < -0.39 is 10.1 Å².